The molecule has 342 valence electrons. The fourth-order valence-electron chi connectivity index (χ4n) is 9.10. The van der Waals surface area contributed by atoms with Gasteiger partial charge in [0.15, 0.2) is 0 Å². The van der Waals surface area contributed by atoms with Gasteiger partial charge in [0.25, 0.3) is 0 Å². The van der Waals surface area contributed by atoms with Gasteiger partial charge in [-0.25, -0.2) is 4.98 Å². The summed E-state index contributed by atoms with van der Waals surface area (Å²) in [7, 11) is 0.933. The molecule has 3 fully saturated rings. The van der Waals surface area contributed by atoms with E-state index in [0.29, 0.717) is 76.0 Å². The van der Waals surface area contributed by atoms with Crippen LogP contribution in [0, 0.1) is 5.92 Å². The van der Waals surface area contributed by atoms with Crippen LogP contribution in [0.5, 0.6) is 5.75 Å². The summed E-state index contributed by atoms with van der Waals surface area (Å²) in [6, 6.07) is 16.5. The summed E-state index contributed by atoms with van der Waals surface area (Å²) < 4.78 is 20.1. The van der Waals surface area contributed by atoms with Crippen molar-refractivity contribution in [3.8, 4) is 5.75 Å². The monoisotopic (exact) mass is 965 g/mol. The molecule has 3 aromatic carbocycles. The zero-order valence-electron chi connectivity index (χ0n) is 37.5. The van der Waals surface area contributed by atoms with Crippen LogP contribution in [0.25, 0.3) is 11.0 Å². The van der Waals surface area contributed by atoms with E-state index in [-0.39, 0.29) is 35.6 Å². The number of piperidine rings is 2. The van der Waals surface area contributed by atoms with E-state index in [2.05, 4.69) is 93.4 Å². The third-order valence-electron chi connectivity index (χ3n) is 12.8. The van der Waals surface area contributed by atoms with Gasteiger partial charge in [0.1, 0.15) is 24.2 Å². The minimum absolute atomic E-state index is 0.00137. The zero-order valence-corrected chi connectivity index (χ0v) is 40.0. The van der Waals surface area contributed by atoms with Crippen molar-refractivity contribution in [2.45, 2.75) is 69.9 Å². The normalized spacial score (nSPS) is 19.0. The van der Waals surface area contributed by atoms with Gasteiger partial charge in [-0.05, 0) is 109 Å². The number of imide groups is 1. The summed E-state index contributed by atoms with van der Waals surface area (Å²) in [5.41, 5.74) is 6.92. The van der Waals surface area contributed by atoms with Crippen LogP contribution in [0.3, 0.4) is 0 Å². The Morgan fingerprint density at radius 2 is 1.72 bits per heavy atom. The number of aryl methyl sites for hydroxylation is 1. The van der Waals surface area contributed by atoms with Crippen molar-refractivity contribution < 1.29 is 23.7 Å². The highest BCUT2D eigenvalue weighted by atomic mass is 79.9. The van der Waals surface area contributed by atoms with Gasteiger partial charge in [0, 0.05) is 93.7 Å². The molecule has 65 heavy (non-hydrogen) atoms. The first-order valence-corrected chi connectivity index (χ1v) is 25.7. The number of halogens is 1. The van der Waals surface area contributed by atoms with Gasteiger partial charge in [-0.15, -0.1) is 0 Å². The van der Waals surface area contributed by atoms with Crippen LogP contribution in [0.15, 0.2) is 71.6 Å². The topological polar surface area (TPSA) is 196 Å². The van der Waals surface area contributed by atoms with Crippen molar-refractivity contribution in [3.63, 3.8) is 0 Å². The maximum atomic E-state index is 13.5. The van der Waals surface area contributed by atoms with Gasteiger partial charge in [0.05, 0.1) is 39.7 Å². The predicted octanol–water partition coefficient (Wildman–Crippen LogP) is 6.60. The van der Waals surface area contributed by atoms with Gasteiger partial charge < -0.3 is 40.4 Å². The predicted molar refractivity (Wildman–Crippen MR) is 260 cm³/mol. The van der Waals surface area contributed by atoms with Gasteiger partial charge in [-0.2, -0.15) is 4.98 Å². The molecule has 1 saturated carbocycles. The summed E-state index contributed by atoms with van der Waals surface area (Å²) in [6.45, 7) is 8.67. The SMILES string of the molecule is CCc1cc(Nc2ncc(Br)c(Nc3ccc4nccnc4c3P(C)(C)=O)n2)c(OC)cc1N1CCC(NCCNC(=O)C2CC(N(C)c3ccc(C4CCC(=O)NC4=O)cc3)C2)CC1. The number of amides is 3. The average molecular weight is 967 g/mol. The zero-order chi connectivity index (χ0) is 45.8. The Labute approximate surface area is 388 Å². The lowest BCUT2D eigenvalue weighted by Gasteiger charge is -2.41. The Hall–Kier alpha value is -5.64. The van der Waals surface area contributed by atoms with Gasteiger partial charge >= 0.3 is 0 Å². The highest BCUT2D eigenvalue weighted by Crippen LogP contribution is 2.42. The summed E-state index contributed by atoms with van der Waals surface area (Å²) in [6.07, 6.45) is 10.2. The maximum Gasteiger partial charge on any atom is 0.234 e. The molecular weight excluding hydrogens is 909 g/mol. The quantitative estimate of drug-likeness (QED) is 0.0403. The summed E-state index contributed by atoms with van der Waals surface area (Å²) in [5, 5.41) is 16.6. The summed E-state index contributed by atoms with van der Waals surface area (Å²) in [5.74, 6) is 0.910. The van der Waals surface area contributed by atoms with Gasteiger partial charge in [0.2, 0.25) is 23.7 Å². The lowest BCUT2D eigenvalue weighted by Crippen LogP contribution is -2.50. The summed E-state index contributed by atoms with van der Waals surface area (Å²) in [4.78, 5) is 59.7. The van der Waals surface area contributed by atoms with Crippen LogP contribution in [0.1, 0.15) is 62.5 Å². The molecule has 0 spiro atoms. The van der Waals surface area contributed by atoms with Gasteiger partial charge in [-0.3, -0.25) is 29.7 Å². The smallest absolute Gasteiger partial charge is 0.234 e. The molecular formula is C47H57BrN11O5P. The molecule has 1 atom stereocenters. The molecule has 3 amide bonds. The number of ether oxygens (including phenoxy) is 1. The van der Waals surface area contributed by atoms with Crippen LogP contribution >= 0.6 is 23.1 Å². The van der Waals surface area contributed by atoms with E-state index >= 15 is 0 Å². The van der Waals surface area contributed by atoms with Crippen LogP contribution in [0.4, 0.5) is 34.5 Å². The molecule has 16 nitrogen and oxygen atoms in total. The van der Waals surface area contributed by atoms with E-state index in [1.165, 1.54) is 5.56 Å². The molecule has 1 aliphatic carbocycles. The fourth-order valence-corrected chi connectivity index (χ4v) is 10.8. The molecule has 5 N–H and O–H groups in total. The molecule has 18 heteroatoms. The standard InChI is InChI=1S/C47H57BrN11O5P/c1-6-28-25-38(55-47-53-27-35(48)44(57-47)54-37-13-12-36-42(51-19-18-50-36)43(37)65(4,5)63)40(64-3)26-39(28)59-21-15-31(16-22-59)49-17-20-52-45(61)30-23-33(24-30)58(2)32-9-7-29(8-10-32)34-11-14-41(60)56-46(34)62/h7-10,12-13,18-19,25-27,30-31,33-34,49H,6,11,14-17,20-24H2,1-5H3,(H,52,61)(H,56,60,62)(H2,53,54,55,57). The molecule has 4 heterocycles. The number of carbonyl (C=O) groups is 3. The largest absolute Gasteiger partial charge is 0.494 e. The van der Waals surface area contributed by atoms with Gasteiger partial charge in [-0.1, -0.05) is 19.1 Å². The van der Waals surface area contributed by atoms with Crippen molar-refractivity contribution in [3.05, 3.63) is 82.7 Å². The van der Waals surface area contributed by atoms with E-state index in [0.717, 1.165) is 67.8 Å². The van der Waals surface area contributed by atoms with E-state index in [1.807, 2.05) is 36.4 Å². The van der Waals surface area contributed by atoms with Crippen LogP contribution < -0.4 is 46.4 Å². The Balaban J connectivity index is 0.802. The number of nitrogens with one attached hydrogen (secondary N) is 5. The Kier molecular flexibility index (Phi) is 14.0. The minimum atomic E-state index is -2.78. The number of rotatable bonds is 16. The molecule has 2 saturated heterocycles. The second kappa shape index (κ2) is 19.8. The second-order valence-electron chi connectivity index (χ2n) is 17.4. The molecule has 3 aliphatic rings. The van der Waals surface area contributed by atoms with Crippen molar-refractivity contribution in [2.75, 3.05) is 74.1 Å². The molecule has 8 rings (SSSR count). The number of aromatic nitrogens is 4. The second-order valence-corrected chi connectivity index (χ2v) is 21.4. The first kappa shape index (κ1) is 45.9. The Morgan fingerprint density at radius 1 is 0.969 bits per heavy atom. The van der Waals surface area contributed by atoms with E-state index in [9.17, 15) is 18.9 Å². The third-order valence-corrected chi connectivity index (χ3v) is 15.0. The van der Waals surface area contributed by atoms with Crippen molar-refractivity contribution in [2.24, 2.45) is 5.92 Å². The highest BCUT2D eigenvalue weighted by molar-refractivity contribution is 9.10. The lowest BCUT2D eigenvalue weighted by atomic mass is 9.78. The first-order valence-electron chi connectivity index (χ1n) is 22.3. The van der Waals surface area contributed by atoms with E-state index < -0.39 is 7.14 Å². The lowest BCUT2D eigenvalue weighted by molar-refractivity contribution is -0.134. The summed E-state index contributed by atoms with van der Waals surface area (Å²) >= 11 is 3.59. The number of methoxy groups -OCH3 is 1. The van der Waals surface area contributed by atoms with Crippen LogP contribution in [-0.2, 0) is 25.4 Å². The number of anilines is 6. The number of fused-ring (bicyclic) bond motifs is 1. The molecule has 2 aliphatic heterocycles. The average Bonchev–Trinajstić information content (AvgIpc) is 3.28. The molecule has 1 unspecified atom stereocenters. The fraction of sp³-hybridized carbons (Fsp3) is 0.426. The van der Waals surface area contributed by atoms with Crippen LogP contribution in [-0.4, -0.2) is 103 Å². The number of hydrogen-bond acceptors (Lipinski definition) is 14. The number of carbonyl (C=O) groups excluding carboxylic acids is 3. The highest BCUT2D eigenvalue weighted by Gasteiger charge is 2.37. The Morgan fingerprint density at radius 3 is 2.43 bits per heavy atom. The van der Waals surface area contributed by atoms with Crippen molar-refractivity contribution in [1.82, 2.24) is 35.9 Å². The van der Waals surface area contributed by atoms with E-state index in [1.54, 1.807) is 39.0 Å². The van der Waals surface area contributed by atoms with Crippen LogP contribution in [0.2, 0.25) is 0 Å². The van der Waals surface area contributed by atoms with Crippen molar-refractivity contribution in [1.29, 1.82) is 0 Å². The third kappa shape index (κ3) is 10.4. The minimum Gasteiger partial charge on any atom is -0.494 e. The number of nitrogens with zero attached hydrogens (tertiary/aromatic N) is 6. The first-order chi connectivity index (χ1) is 31.3. The number of benzene rings is 3. The molecule has 0 radical (unpaired) electrons. The number of hydrogen-bond donors (Lipinski definition) is 5. The maximum absolute atomic E-state index is 13.5. The molecule has 5 aromatic rings. The van der Waals surface area contributed by atoms with Crippen molar-refractivity contribution >= 4 is 91.6 Å². The Bertz CT molecular complexity index is 2610. The molecule has 2 aromatic heterocycles. The van der Waals surface area contributed by atoms with E-state index in [4.69, 9.17) is 9.72 Å². The molecule has 0 bridgehead atoms.